The Labute approximate surface area is 253 Å². The van der Waals surface area contributed by atoms with E-state index in [1.807, 2.05) is 24.3 Å². The maximum atomic E-state index is 6.72. The molecular weight excluding hydrogens is 524 g/mol. The van der Waals surface area contributed by atoms with E-state index >= 15 is 0 Å². The summed E-state index contributed by atoms with van der Waals surface area (Å²) in [6.07, 6.45) is 0. The summed E-state index contributed by atoms with van der Waals surface area (Å²) in [5, 5.41) is 5.77. The zero-order chi connectivity index (χ0) is 29.4. The molecule has 0 spiro atoms. The van der Waals surface area contributed by atoms with E-state index in [2.05, 4.69) is 152 Å². The lowest BCUT2D eigenvalue weighted by Gasteiger charge is -2.26. The summed E-state index contributed by atoms with van der Waals surface area (Å²) in [5.74, 6) is 0. The largest absolute Gasteiger partial charge is 0.455 e. The third-order valence-electron chi connectivity index (χ3n) is 7.97. The van der Waals surface area contributed by atoms with Crippen LogP contribution in [0.5, 0.6) is 0 Å². The summed E-state index contributed by atoms with van der Waals surface area (Å²) in [5.41, 5.74) is 10.6. The highest BCUT2D eigenvalue weighted by Crippen LogP contribution is 2.42. The molecule has 43 heavy (non-hydrogen) atoms. The molecule has 7 aromatic rings. The average Bonchev–Trinajstić information content (AvgIpc) is 3.40. The van der Waals surface area contributed by atoms with Crippen molar-refractivity contribution in [3.8, 4) is 11.1 Å². The van der Waals surface area contributed by atoms with Crippen molar-refractivity contribution in [1.82, 2.24) is 0 Å². The van der Waals surface area contributed by atoms with Crippen molar-refractivity contribution in [3.05, 3.63) is 151 Å². The maximum Gasteiger partial charge on any atom is 0.143 e. The van der Waals surface area contributed by atoms with Crippen molar-refractivity contribution in [3.63, 3.8) is 0 Å². The van der Waals surface area contributed by atoms with Crippen LogP contribution in [0.3, 0.4) is 0 Å². The minimum absolute atomic E-state index is 0.0912. The highest BCUT2D eigenvalue weighted by molar-refractivity contribution is 6.12. The number of hydrogen-bond donors (Lipinski definition) is 1. The van der Waals surface area contributed by atoms with Gasteiger partial charge in [0.05, 0.1) is 0 Å². The van der Waals surface area contributed by atoms with E-state index in [0.29, 0.717) is 0 Å². The van der Waals surface area contributed by atoms with Gasteiger partial charge in [0.2, 0.25) is 0 Å². The standard InChI is InChI=1S/C40H34N2O/c1-40(2,3)29-19-21-33(22-20-29)42(32-17-11-6-12-18-32)34-23-24-35-37-26-31(41-30-15-9-5-10-16-30)25-36(28-13-7-4-8-14-28)39(37)43-38(35)27-34/h4-27,41H,1-3H3. The molecule has 0 radical (unpaired) electrons. The molecule has 6 aromatic carbocycles. The molecule has 7 rings (SSSR count). The normalized spacial score (nSPS) is 11.6. The number of benzene rings is 6. The van der Waals surface area contributed by atoms with Crippen molar-refractivity contribution in [2.75, 3.05) is 10.2 Å². The number of hydrogen-bond acceptors (Lipinski definition) is 3. The van der Waals surface area contributed by atoms with E-state index < -0.39 is 0 Å². The molecular formula is C40H34N2O. The van der Waals surface area contributed by atoms with Crippen LogP contribution in [0, 0.1) is 0 Å². The number of furan rings is 1. The minimum atomic E-state index is 0.0912. The van der Waals surface area contributed by atoms with E-state index in [-0.39, 0.29) is 5.41 Å². The zero-order valence-corrected chi connectivity index (χ0v) is 24.7. The molecule has 0 fully saturated rings. The number of nitrogens with one attached hydrogen (secondary N) is 1. The molecule has 0 saturated carbocycles. The summed E-state index contributed by atoms with van der Waals surface area (Å²) >= 11 is 0. The second-order valence-electron chi connectivity index (χ2n) is 12.0. The van der Waals surface area contributed by atoms with E-state index in [1.165, 1.54) is 5.56 Å². The van der Waals surface area contributed by atoms with E-state index in [9.17, 15) is 0 Å². The smallest absolute Gasteiger partial charge is 0.143 e. The van der Waals surface area contributed by atoms with E-state index in [4.69, 9.17) is 4.42 Å². The van der Waals surface area contributed by atoms with Crippen molar-refractivity contribution in [2.45, 2.75) is 26.2 Å². The Bertz CT molecular complexity index is 2000. The number of anilines is 5. The molecule has 0 amide bonds. The van der Waals surface area contributed by atoms with Crippen LogP contribution in [0.2, 0.25) is 0 Å². The van der Waals surface area contributed by atoms with Gasteiger partial charge in [0, 0.05) is 50.8 Å². The molecule has 3 heteroatoms. The molecule has 1 heterocycles. The quantitative estimate of drug-likeness (QED) is 0.220. The fourth-order valence-electron chi connectivity index (χ4n) is 5.73. The molecule has 0 aliphatic rings. The van der Waals surface area contributed by atoms with E-state index in [0.717, 1.165) is 61.5 Å². The SMILES string of the molecule is CC(C)(C)c1ccc(N(c2ccccc2)c2ccc3c(c2)oc2c(-c4ccccc4)cc(Nc4ccccc4)cc23)cc1. The fraction of sp³-hybridized carbons (Fsp3) is 0.100. The monoisotopic (exact) mass is 558 g/mol. The lowest BCUT2D eigenvalue weighted by molar-refractivity contribution is 0.590. The van der Waals surface area contributed by atoms with Crippen LogP contribution in [0.4, 0.5) is 28.4 Å². The van der Waals surface area contributed by atoms with Gasteiger partial charge < -0.3 is 14.6 Å². The van der Waals surface area contributed by atoms with Crippen LogP contribution in [0.1, 0.15) is 26.3 Å². The van der Waals surface area contributed by atoms with Crippen molar-refractivity contribution in [2.24, 2.45) is 0 Å². The summed E-state index contributed by atoms with van der Waals surface area (Å²) in [6, 6.07) is 51.1. The second-order valence-corrected chi connectivity index (χ2v) is 12.0. The summed E-state index contributed by atoms with van der Waals surface area (Å²) < 4.78 is 6.72. The predicted molar refractivity (Wildman–Crippen MR) is 182 cm³/mol. The molecule has 1 N–H and O–H groups in total. The van der Waals surface area contributed by atoms with Gasteiger partial charge in [0.25, 0.3) is 0 Å². The van der Waals surface area contributed by atoms with Gasteiger partial charge >= 0.3 is 0 Å². The zero-order valence-electron chi connectivity index (χ0n) is 24.7. The third kappa shape index (κ3) is 5.26. The molecule has 0 saturated heterocycles. The second kappa shape index (κ2) is 10.8. The van der Waals surface area contributed by atoms with Crippen LogP contribution >= 0.6 is 0 Å². The molecule has 0 aliphatic carbocycles. The molecule has 210 valence electrons. The first-order valence-electron chi connectivity index (χ1n) is 14.8. The fourth-order valence-corrected chi connectivity index (χ4v) is 5.73. The number of rotatable bonds is 6. The number of nitrogens with zero attached hydrogens (tertiary/aromatic N) is 1. The Hall–Kier alpha value is -5.28. The van der Waals surface area contributed by atoms with E-state index in [1.54, 1.807) is 0 Å². The Morgan fingerprint density at radius 2 is 1.14 bits per heavy atom. The number of para-hydroxylation sites is 2. The summed E-state index contributed by atoms with van der Waals surface area (Å²) in [4.78, 5) is 2.29. The number of fused-ring (bicyclic) bond motifs is 3. The van der Waals surface area contributed by atoms with Crippen molar-refractivity contribution in [1.29, 1.82) is 0 Å². The van der Waals surface area contributed by atoms with Gasteiger partial charge in [-0.2, -0.15) is 0 Å². The van der Waals surface area contributed by atoms with Crippen molar-refractivity contribution < 1.29 is 4.42 Å². The average molecular weight is 559 g/mol. The predicted octanol–water partition coefficient (Wildman–Crippen LogP) is 11.8. The Morgan fingerprint density at radius 3 is 1.81 bits per heavy atom. The van der Waals surface area contributed by atoms with Crippen LogP contribution in [-0.4, -0.2) is 0 Å². The van der Waals surface area contributed by atoms with Gasteiger partial charge in [-0.3, -0.25) is 0 Å². The van der Waals surface area contributed by atoms with Gasteiger partial charge in [-0.15, -0.1) is 0 Å². The van der Waals surface area contributed by atoms with Crippen LogP contribution in [0.25, 0.3) is 33.1 Å². The van der Waals surface area contributed by atoms with Gasteiger partial charge in [-0.1, -0.05) is 99.6 Å². The summed E-state index contributed by atoms with van der Waals surface area (Å²) in [7, 11) is 0. The molecule has 3 nitrogen and oxygen atoms in total. The van der Waals surface area contributed by atoms with Crippen LogP contribution in [-0.2, 0) is 5.41 Å². The van der Waals surface area contributed by atoms with Gasteiger partial charge in [-0.05, 0) is 77.2 Å². The first-order valence-corrected chi connectivity index (χ1v) is 14.8. The molecule has 0 atom stereocenters. The minimum Gasteiger partial charge on any atom is -0.455 e. The summed E-state index contributed by atoms with van der Waals surface area (Å²) in [6.45, 7) is 6.74. The first-order chi connectivity index (χ1) is 20.9. The molecule has 0 aliphatic heterocycles. The first kappa shape index (κ1) is 26.6. The van der Waals surface area contributed by atoms with Crippen molar-refractivity contribution >= 4 is 50.4 Å². The van der Waals surface area contributed by atoms with Gasteiger partial charge in [0.1, 0.15) is 11.2 Å². The van der Waals surface area contributed by atoms with Gasteiger partial charge in [-0.25, -0.2) is 0 Å². The Morgan fingerprint density at radius 1 is 0.535 bits per heavy atom. The molecule has 0 bridgehead atoms. The molecule has 0 unspecified atom stereocenters. The van der Waals surface area contributed by atoms with Gasteiger partial charge in [0.15, 0.2) is 0 Å². The highest BCUT2D eigenvalue weighted by Gasteiger charge is 2.19. The third-order valence-corrected chi connectivity index (χ3v) is 7.97. The van der Waals surface area contributed by atoms with Crippen LogP contribution in [0.15, 0.2) is 150 Å². The van der Waals surface area contributed by atoms with Crippen LogP contribution < -0.4 is 10.2 Å². The Balaban J connectivity index is 1.39. The lowest BCUT2D eigenvalue weighted by atomic mass is 9.87. The lowest BCUT2D eigenvalue weighted by Crippen LogP contribution is -2.13. The topological polar surface area (TPSA) is 28.4 Å². The highest BCUT2D eigenvalue weighted by atomic mass is 16.3. The molecule has 1 aromatic heterocycles. The maximum absolute atomic E-state index is 6.72. The Kier molecular flexibility index (Phi) is 6.71.